The quantitative estimate of drug-likeness (QED) is 0.866. The van der Waals surface area contributed by atoms with E-state index >= 15 is 0 Å². The highest BCUT2D eigenvalue weighted by atomic mass is 35.5. The van der Waals surface area contributed by atoms with E-state index in [4.69, 9.17) is 16.7 Å². The van der Waals surface area contributed by atoms with Gasteiger partial charge in [0.05, 0.1) is 11.3 Å². The number of benzene rings is 1. The summed E-state index contributed by atoms with van der Waals surface area (Å²) in [5, 5.41) is 13.0. The van der Waals surface area contributed by atoms with E-state index < -0.39 is 5.97 Å². The Bertz CT molecular complexity index is 453. The van der Waals surface area contributed by atoms with E-state index in [-0.39, 0.29) is 5.56 Å². The maximum atomic E-state index is 11.1. The largest absolute Gasteiger partial charge is 0.478 e. The van der Waals surface area contributed by atoms with Crippen LogP contribution < -0.4 is 5.32 Å². The first-order valence-electron chi connectivity index (χ1n) is 6.83. The fraction of sp³-hybridized carbons (Fsp3) is 0.533. The molecule has 0 spiro atoms. The van der Waals surface area contributed by atoms with Crippen LogP contribution in [0.5, 0.6) is 0 Å². The van der Waals surface area contributed by atoms with E-state index in [1.807, 2.05) is 0 Å². The summed E-state index contributed by atoms with van der Waals surface area (Å²) in [5.41, 5.74) is 0.909. The number of carboxylic acids is 1. The van der Waals surface area contributed by atoms with Gasteiger partial charge in [0.25, 0.3) is 0 Å². The average molecular weight is 282 g/mol. The Hall–Kier alpha value is -1.22. The predicted molar refractivity (Wildman–Crippen MR) is 78.0 cm³/mol. The van der Waals surface area contributed by atoms with Gasteiger partial charge in [0.2, 0.25) is 0 Å². The standard InChI is InChI=1S/C15H20ClNO2/c1-10-2-4-11(5-3-10)9-17-14-8-12(16)6-7-13(14)15(18)19/h6-8,10-11,17H,2-5,9H2,1H3,(H,18,19). The summed E-state index contributed by atoms with van der Waals surface area (Å²) in [7, 11) is 0. The van der Waals surface area contributed by atoms with Gasteiger partial charge in [-0.15, -0.1) is 0 Å². The molecule has 1 saturated carbocycles. The molecule has 3 nitrogen and oxygen atoms in total. The monoisotopic (exact) mass is 281 g/mol. The van der Waals surface area contributed by atoms with Gasteiger partial charge in [-0.1, -0.05) is 31.4 Å². The molecule has 4 heteroatoms. The van der Waals surface area contributed by atoms with Crippen molar-refractivity contribution in [3.8, 4) is 0 Å². The molecule has 19 heavy (non-hydrogen) atoms. The number of carbonyl (C=O) groups is 1. The second kappa shape index (κ2) is 6.29. The summed E-state index contributed by atoms with van der Waals surface area (Å²) in [6, 6.07) is 4.85. The highest BCUT2D eigenvalue weighted by Crippen LogP contribution is 2.29. The van der Waals surface area contributed by atoms with Gasteiger partial charge in [-0.3, -0.25) is 0 Å². The first kappa shape index (κ1) is 14.2. The maximum Gasteiger partial charge on any atom is 0.337 e. The van der Waals surface area contributed by atoms with Gasteiger partial charge in [-0.05, 0) is 42.9 Å². The van der Waals surface area contributed by atoms with Crippen molar-refractivity contribution in [2.24, 2.45) is 11.8 Å². The number of hydrogen-bond donors (Lipinski definition) is 2. The number of nitrogens with one attached hydrogen (secondary N) is 1. The molecule has 0 atom stereocenters. The van der Waals surface area contributed by atoms with Crippen LogP contribution in [0, 0.1) is 11.8 Å². The molecule has 1 aliphatic rings. The number of rotatable bonds is 4. The molecule has 1 aromatic carbocycles. The molecule has 0 amide bonds. The van der Waals surface area contributed by atoms with Crippen molar-refractivity contribution in [1.29, 1.82) is 0 Å². The summed E-state index contributed by atoms with van der Waals surface area (Å²) >= 11 is 5.93. The topological polar surface area (TPSA) is 49.3 Å². The zero-order valence-electron chi connectivity index (χ0n) is 11.2. The van der Waals surface area contributed by atoms with Crippen LogP contribution in [0.15, 0.2) is 18.2 Å². The van der Waals surface area contributed by atoms with Crippen LogP contribution in [-0.2, 0) is 0 Å². The van der Waals surface area contributed by atoms with Gasteiger partial charge in [0.1, 0.15) is 0 Å². The highest BCUT2D eigenvalue weighted by Gasteiger charge is 2.19. The van der Waals surface area contributed by atoms with Gasteiger partial charge in [0.15, 0.2) is 0 Å². The molecule has 1 aliphatic carbocycles. The van der Waals surface area contributed by atoms with Gasteiger partial charge in [-0.2, -0.15) is 0 Å². The van der Waals surface area contributed by atoms with Gasteiger partial charge in [0, 0.05) is 11.6 Å². The average Bonchev–Trinajstić information content (AvgIpc) is 2.38. The fourth-order valence-electron chi connectivity index (χ4n) is 2.64. The van der Waals surface area contributed by atoms with Crippen molar-refractivity contribution in [1.82, 2.24) is 0 Å². The molecule has 1 aromatic rings. The molecule has 2 rings (SSSR count). The minimum atomic E-state index is -0.920. The Balaban J connectivity index is 1.98. The molecule has 0 aromatic heterocycles. The smallest absolute Gasteiger partial charge is 0.337 e. The number of halogens is 1. The first-order valence-corrected chi connectivity index (χ1v) is 7.20. The molecule has 0 bridgehead atoms. The van der Waals surface area contributed by atoms with Crippen LogP contribution in [0.2, 0.25) is 5.02 Å². The Labute approximate surface area is 119 Å². The normalized spacial score (nSPS) is 23.1. The van der Waals surface area contributed by atoms with E-state index in [1.165, 1.54) is 25.7 Å². The van der Waals surface area contributed by atoms with Crippen molar-refractivity contribution in [2.45, 2.75) is 32.6 Å². The Kier molecular flexibility index (Phi) is 4.70. The van der Waals surface area contributed by atoms with E-state index in [0.29, 0.717) is 16.6 Å². The summed E-state index contributed by atoms with van der Waals surface area (Å²) in [5.74, 6) is 0.547. The van der Waals surface area contributed by atoms with Crippen molar-refractivity contribution in [2.75, 3.05) is 11.9 Å². The van der Waals surface area contributed by atoms with Crippen LogP contribution in [-0.4, -0.2) is 17.6 Å². The zero-order valence-corrected chi connectivity index (χ0v) is 11.9. The van der Waals surface area contributed by atoms with Crippen LogP contribution in [0.1, 0.15) is 43.0 Å². The lowest BCUT2D eigenvalue weighted by Gasteiger charge is -2.26. The van der Waals surface area contributed by atoms with Crippen LogP contribution in [0.3, 0.4) is 0 Å². The summed E-state index contributed by atoms with van der Waals surface area (Å²) in [6.07, 6.45) is 4.98. The van der Waals surface area contributed by atoms with Crippen molar-refractivity contribution >= 4 is 23.3 Å². The van der Waals surface area contributed by atoms with Crippen LogP contribution in [0.4, 0.5) is 5.69 Å². The molecular formula is C15H20ClNO2. The maximum absolute atomic E-state index is 11.1. The van der Waals surface area contributed by atoms with Crippen molar-refractivity contribution in [3.63, 3.8) is 0 Å². The molecular weight excluding hydrogens is 262 g/mol. The molecule has 2 N–H and O–H groups in total. The number of hydrogen-bond acceptors (Lipinski definition) is 2. The van der Waals surface area contributed by atoms with Crippen LogP contribution in [0.25, 0.3) is 0 Å². The lowest BCUT2D eigenvalue weighted by atomic mass is 9.83. The van der Waals surface area contributed by atoms with Crippen LogP contribution >= 0.6 is 11.6 Å². The van der Waals surface area contributed by atoms with E-state index in [0.717, 1.165) is 12.5 Å². The van der Waals surface area contributed by atoms with E-state index in [1.54, 1.807) is 18.2 Å². The third-order valence-corrected chi connectivity index (χ3v) is 4.16. The predicted octanol–water partition coefficient (Wildman–Crippen LogP) is 4.28. The lowest BCUT2D eigenvalue weighted by molar-refractivity contribution is 0.0698. The highest BCUT2D eigenvalue weighted by molar-refractivity contribution is 6.31. The Morgan fingerprint density at radius 1 is 1.37 bits per heavy atom. The molecule has 0 radical (unpaired) electrons. The van der Waals surface area contributed by atoms with Crippen molar-refractivity contribution in [3.05, 3.63) is 28.8 Å². The third kappa shape index (κ3) is 3.87. The SMILES string of the molecule is CC1CCC(CNc2cc(Cl)ccc2C(=O)O)CC1. The Morgan fingerprint density at radius 3 is 2.68 bits per heavy atom. The second-order valence-electron chi connectivity index (χ2n) is 5.50. The number of aromatic carboxylic acids is 1. The van der Waals surface area contributed by atoms with Crippen molar-refractivity contribution < 1.29 is 9.90 Å². The van der Waals surface area contributed by atoms with Gasteiger partial charge >= 0.3 is 5.97 Å². The third-order valence-electron chi connectivity index (χ3n) is 3.93. The second-order valence-corrected chi connectivity index (χ2v) is 5.94. The number of anilines is 1. The Morgan fingerprint density at radius 2 is 2.05 bits per heavy atom. The summed E-state index contributed by atoms with van der Waals surface area (Å²) < 4.78 is 0. The van der Waals surface area contributed by atoms with E-state index in [2.05, 4.69) is 12.2 Å². The minimum Gasteiger partial charge on any atom is -0.478 e. The minimum absolute atomic E-state index is 0.286. The summed E-state index contributed by atoms with van der Waals surface area (Å²) in [6.45, 7) is 3.12. The van der Waals surface area contributed by atoms with E-state index in [9.17, 15) is 4.79 Å². The van der Waals surface area contributed by atoms with Gasteiger partial charge < -0.3 is 10.4 Å². The number of carboxylic acid groups (broad SMARTS) is 1. The molecule has 0 saturated heterocycles. The molecule has 0 heterocycles. The molecule has 0 aliphatic heterocycles. The zero-order chi connectivity index (χ0) is 13.8. The molecule has 0 unspecified atom stereocenters. The molecule has 1 fully saturated rings. The lowest BCUT2D eigenvalue weighted by Crippen LogP contribution is -2.21. The fourth-order valence-corrected chi connectivity index (χ4v) is 2.81. The first-order chi connectivity index (χ1) is 9.06. The summed E-state index contributed by atoms with van der Waals surface area (Å²) in [4.78, 5) is 11.1. The molecule has 104 valence electrons. The van der Waals surface area contributed by atoms with Gasteiger partial charge in [-0.25, -0.2) is 4.79 Å².